The topological polar surface area (TPSA) is 102 Å². The number of aromatic nitrogens is 1. The third-order valence-corrected chi connectivity index (χ3v) is 4.71. The predicted octanol–water partition coefficient (Wildman–Crippen LogP) is 2.58. The van der Waals surface area contributed by atoms with Gasteiger partial charge in [-0.05, 0) is 31.9 Å². The SMILES string of the molecule is COc1cccc(C(=O)CCC(=O)N2CCCC2C(=O)Nc2cc(C)on2)c1. The molecule has 0 radical (unpaired) electrons. The number of methoxy groups -OCH3 is 1. The van der Waals surface area contributed by atoms with Crippen molar-refractivity contribution < 1.29 is 23.6 Å². The van der Waals surface area contributed by atoms with Crippen LogP contribution in [0.4, 0.5) is 5.82 Å². The van der Waals surface area contributed by atoms with E-state index in [4.69, 9.17) is 9.26 Å². The van der Waals surface area contributed by atoms with Gasteiger partial charge < -0.3 is 19.5 Å². The summed E-state index contributed by atoms with van der Waals surface area (Å²) < 4.78 is 10.1. The van der Waals surface area contributed by atoms with Gasteiger partial charge in [-0.2, -0.15) is 0 Å². The Kier molecular flexibility index (Phi) is 6.08. The largest absolute Gasteiger partial charge is 0.497 e. The van der Waals surface area contributed by atoms with Crippen LogP contribution in [0.15, 0.2) is 34.9 Å². The third kappa shape index (κ3) is 4.57. The third-order valence-electron chi connectivity index (χ3n) is 4.71. The molecule has 3 rings (SSSR count). The monoisotopic (exact) mass is 385 g/mol. The molecule has 148 valence electrons. The Morgan fingerprint density at radius 2 is 2.11 bits per heavy atom. The summed E-state index contributed by atoms with van der Waals surface area (Å²) in [5, 5.41) is 6.41. The van der Waals surface area contributed by atoms with Gasteiger partial charge in [-0.15, -0.1) is 0 Å². The van der Waals surface area contributed by atoms with Gasteiger partial charge in [-0.3, -0.25) is 14.4 Å². The lowest BCUT2D eigenvalue weighted by Crippen LogP contribution is -2.43. The van der Waals surface area contributed by atoms with Crippen molar-refractivity contribution in [2.45, 2.75) is 38.6 Å². The minimum absolute atomic E-state index is 0.0584. The maximum atomic E-state index is 12.6. The summed E-state index contributed by atoms with van der Waals surface area (Å²) in [5.41, 5.74) is 0.504. The van der Waals surface area contributed by atoms with Crippen LogP contribution in [0.2, 0.25) is 0 Å². The number of rotatable bonds is 7. The fourth-order valence-corrected chi connectivity index (χ4v) is 3.28. The molecule has 8 heteroatoms. The first-order valence-electron chi connectivity index (χ1n) is 9.19. The molecule has 0 saturated carbocycles. The average molecular weight is 385 g/mol. The van der Waals surface area contributed by atoms with Crippen molar-refractivity contribution in [2.24, 2.45) is 0 Å². The highest BCUT2D eigenvalue weighted by atomic mass is 16.5. The number of hydrogen-bond donors (Lipinski definition) is 1. The van der Waals surface area contributed by atoms with E-state index in [1.165, 1.54) is 7.11 Å². The molecule has 1 unspecified atom stereocenters. The number of nitrogens with one attached hydrogen (secondary N) is 1. The van der Waals surface area contributed by atoms with Crippen LogP contribution in [0.25, 0.3) is 0 Å². The second-order valence-corrected chi connectivity index (χ2v) is 6.71. The Morgan fingerprint density at radius 3 is 2.82 bits per heavy atom. The Hall–Kier alpha value is -3.16. The molecule has 0 bridgehead atoms. The van der Waals surface area contributed by atoms with Gasteiger partial charge in [-0.1, -0.05) is 17.3 Å². The minimum Gasteiger partial charge on any atom is -0.497 e. The maximum Gasteiger partial charge on any atom is 0.248 e. The predicted molar refractivity (Wildman–Crippen MR) is 101 cm³/mol. The second kappa shape index (κ2) is 8.69. The number of carbonyl (C=O) groups excluding carboxylic acids is 3. The smallest absolute Gasteiger partial charge is 0.248 e. The van der Waals surface area contributed by atoms with Crippen molar-refractivity contribution in [1.82, 2.24) is 10.1 Å². The first-order valence-corrected chi connectivity index (χ1v) is 9.19. The van der Waals surface area contributed by atoms with Crippen LogP contribution in [0.1, 0.15) is 41.8 Å². The van der Waals surface area contributed by atoms with Gasteiger partial charge in [0, 0.05) is 31.0 Å². The van der Waals surface area contributed by atoms with E-state index in [-0.39, 0.29) is 30.4 Å². The second-order valence-electron chi connectivity index (χ2n) is 6.71. The molecule has 0 aliphatic carbocycles. The molecule has 1 aromatic heterocycles. The Morgan fingerprint density at radius 1 is 1.29 bits per heavy atom. The lowest BCUT2D eigenvalue weighted by atomic mass is 10.1. The van der Waals surface area contributed by atoms with Gasteiger partial charge in [-0.25, -0.2) is 0 Å². The number of hydrogen-bond acceptors (Lipinski definition) is 6. The van der Waals surface area contributed by atoms with Gasteiger partial charge >= 0.3 is 0 Å². The Balaban J connectivity index is 1.56. The Bertz CT molecular complexity index is 876. The zero-order valence-electron chi connectivity index (χ0n) is 15.9. The first kappa shape index (κ1) is 19.6. The molecule has 2 heterocycles. The zero-order chi connectivity index (χ0) is 20.1. The number of ether oxygens (including phenoxy) is 1. The number of likely N-dealkylation sites (tertiary alicyclic amines) is 1. The quantitative estimate of drug-likeness (QED) is 0.735. The molecule has 1 aliphatic rings. The van der Waals surface area contributed by atoms with Gasteiger partial charge in [0.1, 0.15) is 17.6 Å². The number of amides is 2. The summed E-state index contributed by atoms with van der Waals surface area (Å²) in [6, 6.07) is 7.90. The van der Waals surface area contributed by atoms with Crippen molar-refractivity contribution in [2.75, 3.05) is 19.0 Å². The van der Waals surface area contributed by atoms with Crippen molar-refractivity contribution in [3.63, 3.8) is 0 Å². The normalized spacial score (nSPS) is 16.1. The number of anilines is 1. The Labute approximate surface area is 162 Å². The van der Waals surface area contributed by atoms with Crippen LogP contribution in [0.3, 0.4) is 0 Å². The molecule has 1 aliphatic heterocycles. The highest BCUT2D eigenvalue weighted by molar-refractivity contribution is 6.00. The highest BCUT2D eigenvalue weighted by Gasteiger charge is 2.34. The van der Waals surface area contributed by atoms with E-state index < -0.39 is 6.04 Å². The molecule has 1 aromatic carbocycles. The fourth-order valence-electron chi connectivity index (χ4n) is 3.28. The van der Waals surface area contributed by atoms with Crippen LogP contribution in [-0.2, 0) is 9.59 Å². The zero-order valence-corrected chi connectivity index (χ0v) is 15.9. The molecule has 1 N–H and O–H groups in total. The van der Waals surface area contributed by atoms with Crippen LogP contribution in [0.5, 0.6) is 5.75 Å². The number of carbonyl (C=O) groups is 3. The number of nitrogens with zero attached hydrogens (tertiary/aromatic N) is 2. The molecule has 0 spiro atoms. The van der Waals surface area contributed by atoms with Crippen LogP contribution in [-0.4, -0.2) is 47.4 Å². The molecule has 1 atom stereocenters. The minimum atomic E-state index is -0.559. The van der Waals surface area contributed by atoms with Crippen molar-refractivity contribution >= 4 is 23.4 Å². The molecular weight excluding hydrogens is 362 g/mol. The summed E-state index contributed by atoms with van der Waals surface area (Å²) in [6.45, 7) is 2.23. The summed E-state index contributed by atoms with van der Waals surface area (Å²) in [5.74, 6) is 0.881. The number of aryl methyl sites for hydroxylation is 1. The van der Waals surface area contributed by atoms with Crippen molar-refractivity contribution in [1.29, 1.82) is 0 Å². The molecule has 1 saturated heterocycles. The summed E-state index contributed by atoms with van der Waals surface area (Å²) in [7, 11) is 1.53. The molecule has 28 heavy (non-hydrogen) atoms. The van der Waals surface area contributed by atoms with E-state index in [2.05, 4.69) is 10.5 Å². The molecular formula is C20H23N3O5. The van der Waals surface area contributed by atoms with Gasteiger partial charge in [0.25, 0.3) is 0 Å². The first-order chi connectivity index (χ1) is 13.5. The molecule has 2 amide bonds. The van der Waals surface area contributed by atoms with Crippen molar-refractivity contribution in [3.8, 4) is 5.75 Å². The number of benzene rings is 1. The van der Waals surface area contributed by atoms with E-state index in [0.717, 1.165) is 6.42 Å². The van der Waals surface area contributed by atoms with E-state index in [0.29, 0.717) is 35.9 Å². The lowest BCUT2D eigenvalue weighted by Gasteiger charge is -2.23. The van der Waals surface area contributed by atoms with Crippen molar-refractivity contribution in [3.05, 3.63) is 41.7 Å². The fraction of sp³-hybridized carbons (Fsp3) is 0.400. The molecule has 8 nitrogen and oxygen atoms in total. The van der Waals surface area contributed by atoms with Crippen LogP contribution in [0, 0.1) is 6.92 Å². The standard InChI is InChI=1S/C20H23N3O5/c1-13-11-18(22-28-13)21-20(26)16-7-4-10-23(16)19(25)9-8-17(24)14-5-3-6-15(12-14)27-2/h3,5-6,11-12,16H,4,7-10H2,1-2H3,(H,21,22,26). The van der Waals surface area contributed by atoms with Gasteiger partial charge in [0.05, 0.1) is 7.11 Å². The van der Waals surface area contributed by atoms with Gasteiger partial charge in [0.15, 0.2) is 11.6 Å². The number of ketones is 1. The van der Waals surface area contributed by atoms with E-state index in [1.54, 1.807) is 42.2 Å². The lowest BCUT2D eigenvalue weighted by molar-refractivity contribution is -0.136. The van der Waals surface area contributed by atoms with E-state index in [9.17, 15) is 14.4 Å². The summed E-state index contributed by atoms with van der Waals surface area (Å²) >= 11 is 0. The molecule has 1 fully saturated rings. The van der Waals surface area contributed by atoms with E-state index >= 15 is 0 Å². The summed E-state index contributed by atoms with van der Waals surface area (Å²) in [6.07, 6.45) is 1.46. The maximum absolute atomic E-state index is 12.6. The van der Waals surface area contributed by atoms with Crippen LogP contribution < -0.4 is 10.1 Å². The van der Waals surface area contributed by atoms with Crippen LogP contribution >= 0.6 is 0 Å². The summed E-state index contributed by atoms with van der Waals surface area (Å²) in [4.78, 5) is 39.0. The average Bonchev–Trinajstić information content (AvgIpc) is 3.35. The van der Waals surface area contributed by atoms with Gasteiger partial charge in [0.2, 0.25) is 11.8 Å². The van der Waals surface area contributed by atoms with E-state index in [1.807, 2.05) is 0 Å². The highest BCUT2D eigenvalue weighted by Crippen LogP contribution is 2.21. The number of Topliss-reactive ketones (excluding diaryl/α,β-unsaturated/α-hetero) is 1. The molecule has 2 aromatic rings.